The molecule has 1 amide bonds. The second kappa shape index (κ2) is 9.29. The number of nitriles is 1. The van der Waals surface area contributed by atoms with Crippen LogP contribution in [0.15, 0.2) is 47.4 Å². The van der Waals surface area contributed by atoms with Crippen molar-refractivity contribution in [2.45, 2.75) is 31.6 Å². The zero-order valence-electron chi connectivity index (χ0n) is 17.8. The molecule has 1 heterocycles. The molecule has 1 aromatic heterocycles. The van der Waals surface area contributed by atoms with Crippen LogP contribution < -0.4 is 5.32 Å². The Morgan fingerprint density at radius 3 is 2.61 bits per heavy atom. The smallest absolute Gasteiger partial charge is 0.243 e. The molecule has 0 atom stereocenters. The van der Waals surface area contributed by atoms with Crippen LogP contribution in [0.3, 0.4) is 0 Å². The fourth-order valence-electron chi connectivity index (χ4n) is 3.44. The summed E-state index contributed by atoms with van der Waals surface area (Å²) in [6, 6.07) is 13.7. The van der Waals surface area contributed by atoms with E-state index in [1.54, 1.807) is 56.3 Å². The van der Waals surface area contributed by atoms with E-state index in [1.807, 2.05) is 17.7 Å². The first kappa shape index (κ1) is 22.5. The van der Waals surface area contributed by atoms with E-state index in [-0.39, 0.29) is 17.2 Å². The summed E-state index contributed by atoms with van der Waals surface area (Å²) in [5.41, 5.74) is 2.42. The van der Waals surface area contributed by atoms with Gasteiger partial charge in [-0.1, -0.05) is 19.9 Å². The molecule has 2 aromatic carbocycles. The number of hydrogen-bond donors (Lipinski definition) is 1. The van der Waals surface area contributed by atoms with Gasteiger partial charge >= 0.3 is 0 Å². The summed E-state index contributed by atoms with van der Waals surface area (Å²) in [5, 5.41) is 11.7. The Labute approximate surface area is 182 Å². The van der Waals surface area contributed by atoms with Crippen LogP contribution in [0.25, 0.3) is 11.0 Å². The first-order chi connectivity index (χ1) is 14.8. The summed E-state index contributed by atoms with van der Waals surface area (Å²) in [4.78, 5) is 17.1. The number of benzene rings is 2. The number of aromatic nitrogens is 2. The molecule has 162 valence electrons. The summed E-state index contributed by atoms with van der Waals surface area (Å²) >= 11 is 0. The Morgan fingerprint density at radius 1 is 1.19 bits per heavy atom. The summed E-state index contributed by atoms with van der Waals surface area (Å²) in [6.45, 7) is 4.41. The van der Waals surface area contributed by atoms with Crippen LogP contribution in [0.5, 0.6) is 0 Å². The molecule has 3 aromatic rings. The lowest BCUT2D eigenvalue weighted by molar-refractivity contribution is -0.116. The van der Waals surface area contributed by atoms with E-state index in [0.717, 1.165) is 5.52 Å². The van der Waals surface area contributed by atoms with E-state index < -0.39 is 10.0 Å². The number of nitrogens with zero attached hydrogens (tertiary/aromatic N) is 4. The van der Waals surface area contributed by atoms with E-state index in [4.69, 9.17) is 5.26 Å². The van der Waals surface area contributed by atoms with Crippen molar-refractivity contribution in [3.63, 3.8) is 0 Å². The number of carbonyl (C=O) groups is 1. The lowest BCUT2D eigenvalue weighted by atomic mass is 10.2. The van der Waals surface area contributed by atoms with Crippen LogP contribution in [0, 0.1) is 11.3 Å². The number of fused-ring (bicyclic) bond motifs is 1. The van der Waals surface area contributed by atoms with Crippen molar-refractivity contribution < 1.29 is 13.2 Å². The minimum absolute atomic E-state index is 0.188. The van der Waals surface area contributed by atoms with E-state index in [2.05, 4.69) is 10.3 Å². The molecule has 0 aliphatic heterocycles. The fourth-order valence-corrected chi connectivity index (χ4v) is 4.92. The summed E-state index contributed by atoms with van der Waals surface area (Å²) in [7, 11) is -1.72. The SMILES string of the molecule is CCN(CC)S(=O)(=O)c1ccc2c(c1)nc(CCC(=O)Nc1cccc(C#N)c1)n2C. The molecule has 3 rings (SSSR count). The predicted octanol–water partition coefficient (Wildman–Crippen LogP) is 3.05. The molecule has 8 nitrogen and oxygen atoms in total. The molecule has 0 radical (unpaired) electrons. The number of nitrogens with one attached hydrogen (secondary N) is 1. The van der Waals surface area contributed by atoms with Crippen molar-refractivity contribution in [3.8, 4) is 6.07 Å². The minimum Gasteiger partial charge on any atom is -0.331 e. The molecule has 0 bridgehead atoms. The zero-order chi connectivity index (χ0) is 22.6. The van der Waals surface area contributed by atoms with Crippen molar-refractivity contribution in [3.05, 3.63) is 53.9 Å². The zero-order valence-corrected chi connectivity index (χ0v) is 18.6. The third kappa shape index (κ3) is 4.76. The van der Waals surface area contributed by atoms with Gasteiger partial charge in [-0.2, -0.15) is 9.57 Å². The fraction of sp³-hybridized carbons (Fsp3) is 0.318. The minimum atomic E-state index is -3.57. The number of hydrogen-bond acceptors (Lipinski definition) is 5. The molecule has 0 saturated carbocycles. The van der Waals surface area contributed by atoms with Gasteiger partial charge in [-0.25, -0.2) is 13.4 Å². The van der Waals surface area contributed by atoms with Crippen molar-refractivity contribution in [2.24, 2.45) is 7.05 Å². The summed E-state index contributed by atoms with van der Waals surface area (Å²) < 4.78 is 28.8. The summed E-state index contributed by atoms with van der Waals surface area (Å²) in [5.74, 6) is 0.500. The van der Waals surface area contributed by atoms with Crippen LogP contribution in [0.1, 0.15) is 31.7 Å². The molecule has 0 aliphatic carbocycles. The van der Waals surface area contributed by atoms with Gasteiger partial charge in [-0.15, -0.1) is 0 Å². The molecule has 1 N–H and O–H groups in total. The number of carbonyl (C=O) groups excluding carboxylic acids is 1. The van der Waals surface area contributed by atoms with Gasteiger partial charge in [0.15, 0.2) is 0 Å². The monoisotopic (exact) mass is 439 g/mol. The second-order valence-corrected chi connectivity index (χ2v) is 9.01. The number of rotatable bonds is 8. The highest BCUT2D eigenvalue weighted by Gasteiger charge is 2.22. The highest BCUT2D eigenvalue weighted by atomic mass is 32.2. The summed E-state index contributed by atoms with van der Waals surface area (Å²) in [6.07, 6.45) is 0.603. The van der Waals surface area contributed by atoms with Crippen LogP contribution in [0.4, 0.5) is 5.69 Å². The van der Waals surface area contributed by atoms with Gasteiger partial charge in [0.2, 0.25) is 15.9 Å². The van der Waals surface area contributed by atoms with E-state index in [9.17, 15) is 13.2 Å². The Hall–Kier alpha value is -3.22. The standard InChI is InChI=1S/C22H25N5O3S/c1-4-27(5-2)31(29,30)18-9-10-20-19(14-18)25-21(26(20)3)11-12-22(28)24-17-8-6-7-16(13-17)15-23/h6-10,13-14H,4-5,11-12H2,1-3H3,(H,24,28). The second-order valence-electron chi connectivity index (χ2n) is 7.07. The van der Waals surface area contributed by atoms with E-state index >= 15 is 0 Å². The number of sulfonamides is 1. The van der Waals surface area contributed by atoms with Crippen LogP contribution in [-0.4, -0.2) is 41.3 Å². The first-order valence-electron chi connectivity index (χ1n) is 10.1. The van der Waals surface area contributed by atoms with Crippen LogP contribution in [0.2, 0.25) is 0 Å². The molecule has 0 fully saturated rings. The normalized spacial score (nSPS) is 11.6. The Balaban J connectivity index is 1.76. The maximum atomic E-state index is 12.8. The lowest BCUT2D eigenvalue weighted by Gasteiger charge is -2.18. The van der Waals surface area contributed by atoms with Gasteiger partial charge < -0.3 is 9.88 Å². The van der Waals surface area contributed by atoms with Crippen molar-refractivity contribution in [2.75, 3.05) is 18.4 Å². The van der Waals surface area contributed by atoms with Crippen molar-refractivity contribution in [1.82, 2.24) is 13.9 Å². The molecule has 0 spiro atoms. The molecule has 0 unspecified atom stereocenters. The Bertz CT molecular complexity index is 1250. The van der Waals surface area contributed by atoms with Crippen molar-refractivity contribution >= 4 is 32.7 Å². The van der Waals surface area contributed by atoms with Gasteiger partial charge in [-0.05, 0) is 36.4 Å². The molecule has 9 heteroatoms. The molecule has 0 aliphatic rings. The average Bonchev–Trinajstić information content (AvgIpc) is 3.08. The van der Waals surface area contributed by atoms with Gasteiger partial charge in [0.1, 0.15) is 5.82 Å². The van der Waals surface area contributed by atoms with E-state index in [0.29, 0.717) is 42.1 Å². The van der Waals surface area contributed by atoms with Gasteiger partial charge in [0.05, 0.1) is 27.6 Å². The van der Waals surface area contributed by atoms with Crippen LogP contribution in [-0.2, 0) is 28.3 Å². The highest BCUT2D eigenvalue weighted by molar-refractivity contribution is 7.89. The van der Waals surface area contributed by atoms with Crippen LogP contribution >= 0.6 is 0 Å². The molecular weight excluding hydrogens is 414 g/mol. The van der Waals surface area contributed by atoms with Gasteiger partial charge in [-0.3, -0.25) is 4.79 Å². The maximum absolute atomic E-state index is 12.8. The third-order valence-electron chi connectivity index (χ3n) is 5.14. The number of aryl methyl sites for hydroxylation is 2. The largest absolute Gasteiger partial charge is 0.331 e. The first-order valence-corrected chi connectivity index (χ1v) is 11.5. The van der Waals surface area contributed by atoms with Crippen molar-refractivity contribution in [1.29, 1.82) is 5.26 Å². The maximum Gasteiger partial charge on any atom is 0.243 e. The Kier molecular flexibility index (Phi) is 6.73. The molecule has 0 saturated heterocycles. The van der Waals surface area contributed by atoms with E-state index in [1.165, 1.54) is 4.31 Å². The number of amides is 1. The third-order valence-corrected chi connectivity index (χ3v) is 7.19. The number of anilines is 1. The number of imidazole rings is 1. The molecular formula is C22H25N5O3S. The lowest BCUT2D eigenvalue weighted by Crippen LogP contribution is -2.30. The van der Waals surface area contributed by atoms with Gasteiger partial charge in [0, 0.05) is 38.7 Å². The predicted molar refractivity (Wildman–Crippen MR) is 119 cm³/mol. The van der Waals surface area contributed by atoms with Gasteiger partial charge in [0.25, 0.3) is 0 Å². The Morgan fingerprint density at radius 2 is 1.94 bits per heavy atom. The molecule has 31 heavy (non-hydrogen) atoms. The highest BCUT2D eigenvalue weighted by Crippen LogP contribution is 2.23. The topological polar surface area (TPSA) is 108 Å². The average molecular weight is 440 g/mol. The quantitative estimate of drug-likeness (QED) is 0.580.